The average Bonchev–Trinajstić information content (AvgIpc) is 3.07. The van der Waals surface area contributed by atoms with Gasteiger partial charge in [-0.2, -0.15) is 5.10 Å². The van der Waals surface area contributed by atoms with Gasteiger partial charge in [-0.05, 0) is 38.1 Å². The molecule has 3 rings (SSSR count). The summed E-state index contributed by atoms with van der Waals surface area (Å²) < 4.78 is 6.92. The lowest BCUT2D eigenvalue weighted by atomic mass is 10.2. The molecule has 6 heteroatoms. The molecular weight excluding hydrogens is 320 g/mol. The molecule has 5 nitrogen and oxygen atoms in total. The van der Waals surface area contributed by atoms with Gasteiger partial charge in [0.2, 0.25) is 0 Å². The summed E-state index contributed by atoms with van der Waals surface area (Å²) in [5.74, 6) is 1.72. The maximum atomic E-state index is 5.87. The van der Waals surface area contributed by atoms with Crippen LogP contribution in [0.4, 0.5) is 0 Å². The van der Waals surface area contributed by atoms with Crippen molar-refractivity contribution in [2.75, 3.05) is 0 Å². The van der Waals surface area contributed by atoms with Crippen LogP contribution in [0.2, 0.25) is 0 Å². The first kappa shape index (κ1) is 13.3. The van der Waals surface area contributed by atoms with Crippen LogP contribution in [-0.4, -0.2) is 15.2 Å². The largest absolute Gasteiger partial charge is 0.459 e. The Bertz CT molecular complexity index is 707. The van der Waals surface area contributed by atoms with E-state index in [9.17, 15) is 0 Å². The summed E-state index contributed by atoms with van der Waals surface area (Å²) in [5.41, 5.74) is 0.893. The highest BCUT2D eigenvalue weighted by molar-refractivity contribution is 9.10. The first-order chi connectivity index (χ1) is 9.63. The molecule has 0 radical (unpaired) electrons. The smallest absolute Gasteiger partial charge is 0.141 e. The van der Waals surface area contributed by atoms with Crippen LogP contribution in [0.25, 0.3) is 11.0 Å². The standard InChI is InChI=1S/C14H15BrN4O/c1-8(18-9(2)14-16-7-17-19-14)13-6-10-5-11(15)3-4-12(10)20-13/h3-9,18H,1-2H3,(H,16,17,19). The molecule has 20 heavy (non-hydrogen) atoms. The van der Waals surface area contributed by atoms with E-state index in [1.807, 2.05) is 19.1 Å². The number of benzene rings is 1. The number of H-pyrrole nitrogens is 1. The van der Waals surface area contributed by atoms with Crippen molar-refractivity contribution in [3.05, 3.63) is 46.7 Å². The quantitative estimate of drug-likeness (QED) is 0.762. The van der Waals surface area contributed by atoms with Crippen LogP contribution in [0.5, 0.6) is 0 Å². The lowest BCUT2D eigenvalue weighted by molar-refractivity contribution is 0.409. The van der Waals surface area contributed by atoms with Crippen molar-refractivity contribution < 1.29 is 4.42 Å². The Hall–Kier alpha value is -1.66. The van der Waals surface area contributed by atoms with Gasteiger partial charge in [-0.1, -0.05) is 15.9 Å². The van der Waals surface area contributed by atoms with E-state index in [0.717, 1.165) is 27.0 Å². The molecule has 0 saturated carbocycles. The van der Waals surface area contributed by atoms with E-state index < -0.39 is 0 Å². The van der Waals surface area contributed by atoms with Gasteiger partial charge in [0, 0.05) is 9.86 Å². The normalized spacial score (nSPS) is 14.6. The molecule has 3 aromatic rings. The van der Waals surface area contributed by atoms with Crippen LogP contribution in [0.1, 0.15) is 37.5 Å². The second-order valence-corrected chi connectivity index (χ2v) is 5.73. The number of halogens is 1. The van der Waals surface area contributed by atoms with Crippen molar-refractivity contribution in [1.29, 1.82) is 0 Å². The van der Waals surface area contributed by atoms with Crippen molar-refractivity contribution in [3.63, 3.8) is 0 Å². The fourth-order valence-corrected chi connectivity index (χ4v) is 2.59. The maximum Gasteiger partial charge on any atom is 0.141 e. The molecule has 2 N–H and O–H groups in total. The van der Waals surface area contributed by atoms with E-state index in [1.54, 1.807) is 0 Å². The van der Waals surface area contributed by atoms with E-state index in [2.05, 4.69) is 55.5 Å². The van der Waals surface area contributed by atoms with Crippen LogP contribution in [0.15, 0.2) is 39.5 Å². The minimum Gasteiger partial charge on any atom is -0.459 e. The van der Waals surface area contributed by atoms with Crippen LogP contribution in [0, 0.1) is 0 Å². The van der Waals surface area contributed by atoms with Gasteiger partial charge >= 0.3 is 0 Å². The molecule has 0 bridgehead atoms. The molecule has 2 unspecified atom stereocenters. The number of aromatic amines is 1. The van der Waals surface area contributed by atoms with Crippen LogP contribution in [-0.2, 0) is 0 Å². The number of hydrogen-bond donors (Lipinski definition) is 2. The van der Waals surface area contributed by atoms with Crippen molar-refractivity contribution >= 4 is 26.9 Å². The van der Waals surface area contributed by atoms with Gasteiger partial charge < -0.3 is 4.42 Å². The van der Waals surface area contributed by atoms with Crippen molar-refractivity contribution in [3.8, 4) is 0 Å². The van der Waals surface area contributed by atoms with Gasteiger partial charge in [0.25, 0.3) is 0 Å². The van der Waals surface area contributed by atoms with E-state index >= 15 is 0 Å². The second kappa shape index (κ2) is 5.38. The summed E-state index contributed by atoms with van der Waals surface area (Å²) in [6.07, 6.45) is 1.51. The SMILES string of the molecule is CC(NC(C)c1cc2cc(Br)ccc2o1)c1ncn[nH]1. The topological polar surface area (TPSA) is 66.7 Å². The van der Waals surface area contributed by atoms with Gasteiger partial charge in [0.05, 0.1) is 12.1 Å². The van der Waals surface area contributed by atoms with Crippen LogP contribution < -0.4 is 5.32 Å². The summed E-state index contributed by atoms with van der Waals surface area (Å²) in [5, 5.41) is 11.3. The van der Waals surface area contributed by atoms with E-state index in [4.69, 9.17) is 4.42 Å². The lowest BCUT2D eigenvalue weighted by Crippen LogP contribution is -2.23. The Morgan fingerprint density at radius 2 is 2.10 bits per heavy atom. The van der Waals surface area contributed by atoms with E-state index in [0.29, 0.717) is 0 Å². The summed E-state index contributed by atoms with van der Waals surface area (Å²) in [4.78, 5) is 4.15. The first-order valence-electron chi connectivity index (χ1n) is 6.44. The molecule has 0 spiro atoms. The Balaban J connectivity index is 1.80. The van der Waals surface area contributed by atoms with Gasteiger partial charge in [-0.25, -0.2) is 4.98 Å². The maximum absolute atomic E-state index is 5.87. The zero-order valence-corrected chi connectivity index (χ0v) is 12.8. The van der Waals surface area contributed by atoms with Crippen LogP contribution >= 0.6 is 15.9 Å². The molecule has 2 heterocycles. The fraction of sp³-hybridized carbons (Fsp3) is 0.286. The van der Waals surface area contributed by atoms with Crippen LogP contribution in [0.3, 0.4) is 0 Å². The molecule has 0 aliphatic heterocycles. The minimum atomic E-state index is 0.0763. The molecular formula is C14H15BrN4O. The molecule has 0 aliphatic carbocycles. The number of nitrogens with one attached hydrogen (secondary N) is 2. The first-order valence-corrected chi connectivity index (χ1v) is 7.23. The van der Waals surface area contributed by atoms with Gasteiger partial charge in [0.15, 0.2) is 0 Å². The third-order valence-corrected chi connectivity index (χ3v) is 3.76. The molecule has 2 aromatic heterocycles. The Labute approximate surface area is 124 Å². The number of rotatable bonds is 4. The molecule has 0 aliphatic rings. The number of furan rings is 1. The van der Waals surface area contributed by atoms with Crippen molar-refractivity contribution in [1.82, 2.24) is 20.5 Å². The lowest BCUT2D eigenvalue weighted by Gasteiger charge is -2.16. The Kier molecular flexibility index (Phi) is 3.58. The molecule has 0 amide bonds. The molecule has 2 atom stereocenters. The highest BCUT2D eigenvalue weighted by Crippen LogP contribution is 2.27. The van der Waals surface area contributed by atoms with Crippen molar-refractivity contribution in [2.24, 2.45) is 0 Å². The summed E-state index contributed by atoms with van der Waals surface area (Å²) in [6, 6.07) is 8.22. The second-order valence-electron chi connectivity index (χ2n) is 4.81. The predicted molar refractivity (Wildman–Crippen MR) is 80.3 cm³/mol. The highest BCUT2D eigenvalue weighted by atomic mass is 79.9. The molecule has 0 fully saturated rings. The van der Waals surface area contributed by atoms with E-state index in [-0.39, 0.29) is 12.1 Å². The van der Waals surface area contributed by atoms with E-state index in [1.165, 1.54) is 6.33 Å². The monoisotopic (exact) mass is 334 g/mol. The number of fused-ring (bicyclic) bond motifs is 1. The summed E-state index contributed by atoms with van der Waals surface area (Å²) in [6.45, 7) is 4.11. The predicted octanol–water partition coefficient (Wildman–Crippen LogP) is 3.73. The number of nitrogens with zero attached hydrogens (tertiary/aromatic N) is 2. The third-order valence-electron chi connectivity index (χ3n) is 3.27. The zero-order chi connectivity index (χ0) is 14.1. The number of hydrogen-bond acceptors (Lipinski definition) is 4. The highest BCUT2D eigenvalue weighted by Gasteiger charge is 2.16. The van der Waals surface area contributed by atoms with Crippen molar-refractivity contribution in [2.45, 2.75) is 25.9 Å². The summed E-state index contributed by atoms with van der Waals surface area (Å²) >= 11 is 3.47. The Morgan fingerprint density at radius 1 is 1.25 bits per heavy atom. The minimum absolute atomic E-state index is 0.0763. The van der Waals surface area contributed by atoms with Gasteiger partial charge in [0.1, 0.15) is 23.5 Å². The zero-order valence-electron chi connectivity index (χ0n) is 11.2. The van der Waals surface area contributed by atoms with Gasteiger partial charge in [-0.15, -0.1) is 0 Å². The Morgan fingerprint density at radius 3 is 2.85 bits per heavy atom. The number of aromatic nitrogens is 3. The molecule has 0 saturated heterocycles. The fourth-order valence-electron chi connectivity index (χ4n) is 2.21. The molecule has 104 valence electrons. The molecule has 1 aromatic carbocycles. The average molecular weight is 335 g/mol. The summed E-state index contributed by atoms with van der Waals surface area (Å²) in [7, 11) is 0. The van der Waals surface area contributed by atoms with Gasteiger partial charge in [-0.3, -0.25) is 10.4 Å². The third kappa shape index (κ3) is 2.62.